The Labute approximate surface area is 115 Å². The van der Waals surface area contributed by atoms with Crippen LogP contribution in [0.2, 0.25) is 0 Å². The van der Waals surface area contributed by atoms with Crippen LogP contribution in [-0.4, -0.2) is 24.0 Å². The average molecular weight is 259 g/mol. The Bertz CT molecular complexity index is 463. The molecule has 2 amide bonds. The molecule has 0 aliphatic carbocycles. The molecule has 4 heteroatoms. The Morgan fingerprint density at radius 3 is 2.68 bits per heavy atom. The van der Waals surface area contributed by atoms with E-state index in [1.165, 1.54) is 0 Å². The fourth-order valence-electron chi connectivity index (χ4n) is 1.81. The molecular formula is C15H21N3O. The molecule has 0 unspecified atom stereocenters. The van der Waals surface area contributed by atoms with Gasteiger partial charge in [-0.1, -0.05) is 32.0 Å². The number of anilines is 1. The van der Waals surface area contributed by atoms with Crippen molar-refractivity contribution in [2.24, 2.45) is 5.92 Å². The van der Waals surface area contributed by atoms with E-state index in [-0.39, 0.29) is 6.03 Å². The van der Waals surface area contributed by atoms with Crippen molar-refractivity contribution in [3.05, 3.63) is 29.8 Å². The van der Waals surface area contributed by atoms with Gasteiger partial charge in [0.15, 0.2) is 0 Å². The number of amides is 2. The molecular weight excluding hydrogens is 238 g/mol. The molecule has 0 aliphatic rings. The van der Waals surface area contributed by atoms with Crippen molar-refractivity contribution in [1.82, 2.24) is 4.90 Å². The average Bonchev–Trinajstić information content (AvgIpc) is 2.36. The van der Waals surface area contributed by atoms with Crippen LogP contribution in [0.25, 0.3) is 0 Å². The molecule has 1 N–H and O–H groups in total. The monoisotopic (exact) mass is 259 g/mol. The number of carbonyl (C=O) groups excluding carboxylic acids is 1. The van der Waals surface area contributed by atoms with Gasteiger partial charge >= 0.3 is 6.03 Å². The van der Waals surface area contributed by atoms with Gasteiger partial charge in [0.2, 0.25) is 0 Å². The van der Waals surface area contributed by atoms with Crippen LogP contribution in [0.4, 0.5) is 10.5 Å². The lowest BCUT2D eigenvalue weighted by atomic mass is 10.2. The van der Waals surface area contributed by atoms with E-state index < -0.39 is 0 Å². The summed E-state index contributed by atoms with van der Waals surface area (Å²) in [5, 5.41) is 11.6. The van der Waals surface area contributed by atoms with Gasteiger partial charge < -0.3 is 10.2 Å². The van der Waals surface area contributed by atoms with Crippen LogP contribution in [0.5, 0.6) is 0 Å². The summed E-state index contributed by atoms with van der Waals surface area (Å²) in [7, 11) is 0. The highest BCUT2D eigenvalue weighted by molar-refractivity contribution is 5.90. The van der Waals surface area contributed by atoms with Crippen molar-refractivity contribution in [2.45, 2.75) is 27.2 Å². The van der Waals surface area contributed by atoms with E-state index in [0.717, 1.165) is 11.3 Å². The van der Waals surface area contributed by atoms with Crippen LogP contribution in [0.1, 0.15) is 25.8 Å². The minimum atomic E-state index is -0.141. The maximum Gasteiger partial charge on any atom is 0.321 e. The summed E-state index contributed by atoms with van der Waals surface area (Å²) in [6, 6.07) is 9.61. The van der Waals surface area contributed by atoms with Gasteiger partial charge in [0.1, 0.15) is 0 Å². The topological polar surface area (TPSA) is 56.1 Å². The third-order valence-electron chi connectivity index (χ3n) is 2.75. The summed E-state index contributed by atoms with van der Waals surface area (Å²) in [5.41, 5.74) is 1.85. The first-order valence-electron chi connectivity index (χ1n) is 6.53. The first-order valence-corrected chi connectivity index (χ1v) is 6.53. The van der Waals surface area contributed by atoms with Gasteiger partial charge in [0.25, 0.3) is 0 Å². The number of nitrogens with zero attached hydrogens (tertiary/aromatic N) is 2. The van der Waals surface area contributed by atoms with Gasteiger partial charge in [0.05, 0.1) is 12.5 Å². The summed E-state index contributed by atoms with van der Waals surface area (Å²) in [6.07, 6.45) is 0.355. The number of hydrogen-bond donors (Lipinski definition) is 1. The lowest BCUT2D eigenvalue weighted by Gasteiger charge is -2.24. The number of aryl methyl sites for hydroxylation is 1. The molecule has 0 atom stereocenters. The number of benzene rings is 1. The Kier molecular flexibility index (Phi) is 5.87. The van der Waals surface area contributed by atoms with Crippen LogP contribution < -0.4 is 5.32 Å². The third-order valence-corrected chi connectivity index (χ3v) is 2.75. The first-order chi connectivity index (χ1) is 9.04. The van der Waals surface area contributed by atoms with Crippen molar-refractivity contribution in [1.29, 1.82) is 5.26 Å². The van der Waals surface area contributed by atoms with E-state index in [9.17, 15) is 4.79 Å². The number of carbonyl (C=O) groups is 1. The van der Waals surface area contributed by atoms with Gasteiger partial charge in [-0.25, -0.2) is 4.79 Å². The van der Waals surface area contributed by atoms with Crippen molar-refractivity contribution < 1.29 is 4.79 Å². The number of nitriles is 1. The lowest BCUT2D eigenvalue weighted by Crippen LogP contribution is -2.38. The van der Waals surface area contributed by atoms with Crippen molar-refractivity contribution >= 4 is 11.7 Å². The molecule has 0 aliphatic heterocycles. The number of hydrogen-bond acceptors (Lipinski definition) is 2. The van der Waals surface area contributed by atoms with Gasteiger partial charge in [-0.15, -0.1) is 0 Å². The minimum Gasteiger partial charge on any atom is -0.323 e. The van der Waals surface area contributed by atoms with E-state index in [0.29, 0.717) is 25.4 Å². The molecule has 102 valence electrons. The molecule has 4 nitrogen and oxygen atoms in total. The van der Waals surface area contributed by atoms with E-state index in [1.807, 2.05) is 31.2 Å². The Morgan fingerprint density at radius 1 is 1.42 bits per heavy atom. The van der Waals surface area contributed by atoms with E-state index in [1.54, 1.807) is 4.90 Å². The number of rotatable bonds is 5. The zero-order chi connectivity index (χ0) is 14.3. The Morgan fingerprint density at radius 2 is 2.11 bits per heavy atom. The van der Waals surface area contributed by atoms with Crippen LogP contribution in [0, 0.1) is 24.2 Å². The summed E-state index contributed by atoms with van der Waals surface area (Å²) < 4.78 is 0. The fourth-order valence-corrected chi connectivity index (χ4v) is 1.81. The molecule has 0 bridgehead atoms. The van der Waals surface area contributed by atoms with Crippen LogP contribution in [-0.2, 0) is 0 Å². The van der Waals surface area contributed by atoms with Crippen LogP contribution >= 0.6 is 0 Å². The molecule has 0 fully saturated rings. The summed E-state index contributed by atoms with van der Waals surface area (Å²) in [4.78, 5) is 13.9. The lowest BCUT2D eigenvalue weighted by molar-refractivity contribution is 0.206. The molecule has 0 spiro atoms. The second-order valence-corrected chi connectivity index (χ2v) is 4.99. The Balaban J connectivity index is 2.71. The molecule has 0 radical (unpaired) electrons. The molecule has 0 saturated heterocycles. The van der Waals surface area contributed by atoms with Crippen LogP contribution in [0.15, 0.2) is 24.3 Å². The molecule has 0 aromatic heterocycles. The van der Waals surface area contributed by atoms with Crippen molar-refractivity contribution in [2.75, 3.05) is 18.4 Å². The maximum atomic E-state index is 12.2. The standard InChI is InChI=1S/C15H21N3O/c1-12(2)11-18(10-6-9-16)15(19)17-14-8-5-4-7-13(14)3/h4-5,7-8,12H,6,10-11H2,1-3H3,(H,17,19). The predicted octanol–water partition coefficient (Wildman–Crippen LogP) is 3.40. The zero-order valence-electron chi connectivity index (χ0n) is 11.8. The van der Waals surface area contributed by atoms with Gasteiger partial charge in [-0.2, -0.15) is 5.26 Å². The van der Waals surface area contributed by atoms with Gasteiger partial charge in [0, 0.05) is 18.8 Å². The minimum absolute atomic E-state index is 0.141. The third kappa shape index (κ3) is 5.01. The van der Waals surface area contributed by atoms with E-state index in [2.05, 4.69) is 25.2 Å². The zero-order valence-corrected chi connectivity index (χ0v) is 11.8. The van der Waals surface area contributed by atoms with Gasteiger partial charge in [-0.05, 0) is 24.5 Å². The van der Waals surface area contributed by atoms with Gasteiger partial charge in [-0.3, -0.25) is 0 Å². The summed E-state index contributed by atoms with van der Waals surface area (Å²) >= 11 is 0. The molecule has 0 heterocycles. The fraction of sp³-hybridized carbons (Fsp3) is 0.467. The maximum absolute atomic E-state index is 12.2. The first kappa shape index (κ1) is 15.0. The summed E-state index contributed by atoms with van der Waals surface area (Å²) in [5.74, 6) is 0.376. The predicted molar refractivity (Wildman–Crippen MR) is 76.8 cm³/mol. The molecule has 19 heavy (non-hydrogen) atoms. The SMILES string of the molecule is Cc1ccccc1NC(=O)N(CCC#N)CC(C)C. The highest BCUT2D eigenvalue weighted by Crippen LogP contribution is 2.14. The van der Waals surface area contributed by atoms with Crippen molar-refractivity contribution in [3.63, 3.8) is 0 Å². The smallest absolute Gasteiger partial charge is 0.321 e. The Hall–Kier alpha value is -2.02. The van der Waals surface area contributed by atoms with E-state index in [4.69, 9.17) is 5.26 Å². The second kappa shape index (κ2) is 7.42. The molecule has 1 aromatic carbocycles. The quantitative estimate of drug-likeness (QED) is 0.881. The second-order valence-electron chi connectivity index (χ2n) is 4.99. The largest absolute Gasteiger partial charge is 0.323 e. The van der Waals surface area contributed by atoms with Crippen molar-refractivity contribution in [3.8, 4) is 6.07 Å². The van der Waals surface area contributed by atoms with E-state index >= 15 is 0 Å². The molecule has 0 saturated carbocycles. The summed E-state index contributed by atoms with van der Waals surface area (Å²) in [6.45, 7) is 7.18. The highest BCUT2D eigenvalue weighted by atomic mass is 16.2. The molecule has 1 aromatic rings. The number of para-hydroxylation sites is 1. The van der Waals surface area contributed by atoms with Crippen LogP contribution in [0.3, 0.4) is 0 Å². The highest BCUT2D eigenvalue weighted by Gasteiger charge is 2.15. The normalized spacial score (nSPS) is 10.1. The molecule has 1 rings (SSSR count). The number of urea groups is 1. The number of nitrogens with one attached hydrogen (secondary N) is 1.